The van der Waals surface area contributed by atoms with Crippen LogP contribution in [-0.4, -0.2) is 18.7 Å². The van der Waals surface area contributed by atoms with Crippen molar-refractivity contribution in [2.75, 3.05) is 6.67 Å². The monoisotopic (exact) mass is 160 g/mol. The summed E-state index contributed by atoms with van der Waals surface area (Å²) in [5.41, 5.74) is 0.385. The Hall–Kier alpha value is -0.860. The maximum absolute atomic E-state index is 11.8. The molecule has 0 saturated heterocycles. The summed E-state index contributed by atoms with van der Waals surface area (Å²) in [6, 6.07) is 0. The number of rotatable bonds is 3. The Morgan fingerprint density at radius 2 is 2.18 bits per heavy atom. The molecule has 0 amide bonds. The van der Waals surface area contributed by atoms with Crippen LogP contribution < -0.4 is 0 Å². The second-order valence-electron chi connectivity index (χ2n) is 2.61. The highest BCUT2D eigenvalue weighted by atomic mass is 19.1. The van der Waals surface area contributed by atoms with E-state index >= 15 is 0 Å². The number of esters is 1. The van der Waals surface area contributed by atoms with Crippen LogP contribution in [0.5, 0.6) is 0 Å². The first-order valence-electron chi connectivity index (χ1n) is 3.50. The van der Waals surface area contributed by atoms with Gasteiger partial charge in [-0.05, 0) is 26.3 Å². The molecule has 0 atom stereocenters. The van der Waals surface area contributed by atoms with E-state index in [9.17, 15) is 9.18 Å². The molecule has 0 aromatic rings. The summed E-state index contributed by atoms with van der Waals surface area (Å²) in [5, 5.41) is 0. The Morgan fingerprint density at radius 3 is 2.55 bits per heavy atom. The number of allylic oxidation sites excluding steroid dienone is 1. The van der Waals surface area contributed by atoms with Gasteiger partial charge in [0.2, 0.25) is 0 Å². The van der Waals surface area contributed by atoms with Crippen LogP contribution >= 0.6 is 0 Å². The fourth-order valence-electron chi connectivity index (χ4n) is 0.506. The highest BCUT2D eigenvalue weighted by molar-refractivity contribution is 5.82. The minimum atomic E-state index is -0.604. The minimum Gasteiger partial charge on any atom is -0.460 e. The normalized spacial score (nSPS) is 11.9. The Labute approximate surface area is 66.0 Å². The molecule has 0 aliphatic heterocycles. The molecule has 0 aromatic heterocycles. The second kappa shape index (κ2) is 4.88. The van der Waals surface area contributed by atoms with Crippen molar-refractivity contribution >= 4 is 5.97 Å². The van der Waals surface area contributed by atoms with Gasteiger partial charge >= 0.3 is 5.97 Å². The lowest BCUT2D eigenvalue weighted by molar-refractivity contribution is -0.141. The highest BCUT2D eigenvalue weighted by Crippen LogP contribution is 1.96. The zero-order valence-electron chi connectivity index (χ0n) is 7.06. The van der Waals surface area contributed by atoms with Gasteiger partial charge < -0.3 is 4.74 Å². The quantitative estimate of drug-likeness (QED) is 0.465. The summed E-state index contributed by atoms with van der Waals surface area (Å²) in [4.78, 5) is 10.8. The Kier molecular flexibility index (Phi) is 4.50. The zero-order valence-corrected chi connectivity index (χ0v) is 7.06. The molecule has 64 valence electrons. The molecule has 0 heterocycles. The molecule has 0 bridgehead atoms. The van der Waals surface area contributed by atoms with Crippen molar-refractivity contribution in [3.8, 4) is 0 Å². The average molecular weight is 160 g/mol. The summed E-state index contributed by atoms with van der Waals surface area (Å²) < 4.78 is 16.5. The van der Waals surface area contributed by atoms with E-state index in [1.165, 1.54) is 6.08 Å². The summed E-state index contributed by atoms with van der Waals surface area (Å²) in [6.07, 6.45) is 1.02. The summed E-state index contributed by atoms with van der Waals surface area (Å²) in [6.45, 7) is 4.43. The topological polar surface area (TPSA) is 26.3 Å². The first-order chi connectivity index (χ1) is 5.06. The average Bonchev–Trinajstić information content (AvgIpc) is 1.85. The Balaban J connectivity index is 3.86. The smallest absolute Gasteiger partial charge is 0.331 e. The van der Waals surface area contributed by atoms with Crippen LogP contribution in [-0.2, 0) is 9.53 Å². The van der Waals surface area contributed by atoms with Crippen molar-refractivity contribution in [2.24, 2.45) is 0 Å². The van der Waals surface area contributed by atoms with Gasteiger partial charge in [0.05, 0.1) is 6.10 Å². The molecule has 2 nitrogen and oxygen atoms in total. The van der Waals surface area contributed by atoms with E-state index in [0.29, 0.717) is 5.57 Å². The SMILES string of the molecule is C/C(=C\C(=O)OC(C)C)CF. The standard InChI is InChI=1S/C8H13FO2/c1-6(2)11-8(10)4-7(3)5-9/h4,6H,5H2,1-3H3/b7-4+. The number of halogens is 1. The fraction of sp³-hybridized carbons (Fsp3) is 0.625. The molecule has 0 fully saturated rings. The van der Waals surface area contributed by atoms with Crippen LogP contribution in [0.2, 0.25) is 0 Å². The fourth-order valence-corrected chi connectivity index (χ4v) is 0.506. The zero-order chi connectivity index (χ0) is 8.85. The molecule has 0 aliphatic rings. The van der Waals surface area contributed by atoms with Gasteiger partial charge in [0.1, 0.15) is 6.67 Å². The number of hydrogen-bond acceptors (Lipinski definition) is 2. The van der Waals surface area contributed by atoms with Crippen molar-refractivity contribution in [2.45, 2.75) is 26.9 Å². The lowest BCUT2D eigenvalue weighted by Crippen LogP contribution is -2.09. The van der Waals surface area contributed by atoms with Crippen molar-refractivity contribution < 1.29 is 13.9 Å². The van der Waals surface area contributed by atoms with E-state index in [0.717, 1.165) is 0 Å². The van der Waals surface area contributed by atoms with Gasteiger partial charge in [0, 0.05) is 6.08 Å². The van der Waals surface area contributed by atoms with Crippen LogP contribution in [0, 0.1) is 0 Å². The number of hydrogen-bond donors (Lipinski definition) is 0. The van der Waals surface area contributed by atoms with Crippen LogP contribution in [0.1, 0.15) is 20.8 Å². The van der Waals surface area contributed by atoms with Crippen molar-refractivity contribution in [1.82, 2.24) is 0 Å². The first-order valence-corrected chi connectivity index (χ1v) is 3.50. The molecule has 0 aliphatic carbocycles. The largest absolute Gasteiger partial charge is 0.460 e. The predicted octanol–water partition coefficient (Wildman–Crippen LogP) is 1.85. The van der Waals surface area contributed by atoms with E-state index in [2.05, 4.69) is 0 Å². The molecule has 0 spiro atoms. The molecule has 0 radical (unpaired) electrons. The van der Waals surface area contributed by atoms with Crippen molar-refractivity contribution in [1.29, 1.82) is 0 Å². The third-order valence-corrected chi connectivity index (χ3v) is 0.927. The summed E-state index contributed by atoms with van der Waals surface area (Å²) in [7, 11) is 0. The lowest BCUT2D eigenvalue weighted by Gasteiger charge is -2.04. The van der Waals surface area contributed by atoms with Crippen molar-refractivity contribution in [3.63, 3.8) is 0 Å². The molecular weight excluding hydrogens is 147 g/mol. The van der Waals surface area contributed by atoms with Crippen molar-refractivity contribution in [3.05, 3.63) is 11.6 Å². The van der Waals surface area contributed by atoms with Gasteiger partial charge in [-0.1, -0.05) is 0 Å². The van der Waals surface area contributed by atoms with E-state index in [1.54, 1.807) is 20.8 Å². The number of carbonyl (C=O) groups is 1. The van der Waals surface area contributed by atoms with E-state index in [-0.39, 0.29) is 6.10 Å². The van der Waals surface area contributed by atoms with Crippen LogP contribution in [0.3, 0.4) is 0 Å². The van der Waals surface area contributed by atoms with E-state index in [4.69, 9.17) is 4.74 Å². The van der Waals surface area contributed by atoms with Gasteiger partial charge in [0.25, 0.3) is 0 Å². The summed E-state index contributed by atoms with van der Waals surface area (Å²) >= 11 is 0. The maximum Gasteiger partial charge on any atom is 0.331 e. The van der Waals surface area contributed by atoms with Crippen LogP contribution in [0.4, 0.5) is 4.39 Å². The molecular formula is C8H13FO2. The number of carbonyl (C=O) groups excluding carboxylic acids is 1. The maximum atomic E-state index is 11.8. The molecule has 0 aromatic carbocycles. The molecule has 11 heavy (non-hydrogen) atoms. The molecule has 0 N–H and O–H groups in total. The predicted molar refractivity (Wildman–Crippen MR) is 41.0 cm³/mol. The van der Waals surface area contributed by atoms with E-state index < -0.39 is 12.6 Å². The summed E-state index contributed by atoms with van der Waals surface area (Å²) in [5.74, 6) is -0.477. The highest BCUT2D eigenvalue weighted by Gasteiger charge is 2.01. The Morgan fingerprint density at radius 1 is 1.64 bits per heavy atom. The van der Waals surface area contributed by atoms with Gasteiger partial charge in [-0.2, -0.15) is 0 Å². The third kappa shape index (κ3) is 5.58. The minimum absolute atomic E-state index is 0.147. The van der Waals surface area contributed by atoms with Gasteiger partial charge in [-0.25, -0.2) is 9.18 Å². The molecule has 0 unspecified atom stereocenters. The van der Waals surface area contributed by atoms with E-state index in [1.807, 2.05) is 0 Å². The second-order valence-corrected chi connectivity index (χ2v) is 2.61. The molecule has 0 saturated carbocycles. The molecule has 3 heteroatoms. The van der Waals surface area contributed by atoms with Crippen LogP contribution in [0.25, 0.3) is 0 Å². The molecule has 0 rings (SSSR count). The Bertz CT molecular complexity index is 161. The lowest BCUT2D eigenvalue weighted by atomic mass is 10.3. The van der Waals surface area contributed by atoms with Gasteiger partial charge in [0.15, 0.2) is 0 Å². The first kappa shape index (κ1) is 10.1. The van der Waals surface area contributed by atoms with Gasteiger partial charge in [-0.15, -0.1) is 0 Å². The number of alkyl halides is 1. The number of ether oxygens (including phenoxy) is 1. The van der Waals surface area contributed by atoms with Gasteiger partial charge in [-0.3, -0.25) is 0 Å². The van der Waals surface area contributed by atoms with Crippen LogP contribution in [0.15, 0.2) is 11.6 Å². The third-order valence-electron chi connectivity index (χ3n) is 0.927.